The zero-order valence-electron chi connectivity index (χ0n) is 26.5. The van der Waals surface area contributed by atoms with Crippen molar-refractivity contribution in [2.24, 2.45) is 0 Å². The molecule has 1 rings (SSSR count). The van der Waals surface area contributed by atoms with Crippen molar-refractivity contribution in [2.75, 3.05) is 13.2 Å². The maximum Gasteiger partial charge on any atom is 0.243 e. The molecule has 6 nitrogen and oxygen atoms in total. The van der Waals surface area contributed by atoms with Gasteiger partial charge in [0.2, 0.25) is 10.0 Å². The van der Waals surface area contributed by atoms with E-state index in [1.165, 1.54) is 6.08 Å². The Kier molecular flexibility index (Phi) is 13.5. The summed E-state index contributed by atoms with van der Waals surface area (Å²) in [6, 6.07) is 6.70. The summed E-state index contributed by atoms with van der Waals surface area (Å²) >= 11 is 0. The number of unbranched alkanes of at least 4 members (excludes halogenated alkanes) is 2. The van der Waals surface area contributed by atoms with Crippen LogP contribution in [0.1, 0.15) is 79.7 Å². The van der Waals surface area contributed by atoms with E-state index in [1.807, 2.05) is 12.1 Å². The van der Waals surface area contributed by atoms with E-state index in [-0.39, 0.29) is 15.0 Å². The molecule has 0 N–H and O–H groups in total. The third-order valence-corrected chi connectivity index (χ3v) is 19.3. The lowest BCUT2D eigenvalue weighted by molar-refractivity contribution is -0.104. The minimum Gasteiger partial charge on any atom is -0.415 e. The van der Waals surface area contributed by atoms with Crippen molar-refractivity contribution in [3.05, 3.63) is 42.0 Å². The number of sulfonamides is 1. The van der Waals surface area contributed by atoms with Gasteiger partial charge in [-0.25, -0.2) is 8.42 Å². The molecular weight excluding hydrogens is 543 g/mol. The molecule has 0 aromatic heterocycles. The predicted octanol–water partition coefficient (Wildman–Crippen LogP) is 7.92. The first-order valence-electron chi connectivity index (χ1n) is 14.3. The van der Waals surface area contributed by atoms with Crippen LogP contribution >= 0.6 is 0 Å². The summed E-state index contributed by atoms with van der Waals surface area (Å²) in [4.78, 5) is 11.3. The molecule has 0 heterocycles. The van der Waals surface area contributed by atoms with Crippen molar-refractivity contribution < 1.29 is 22.1 Å². The maximum atomic E-state index is 14.0. The van der Waals surface area contributed by atoms with Crippen LogP contribution in [0.5, 0.6) is 0 Å². The van der Waals surface area contributed by atoms with Crippen molar-refractivity contribution in [3.63, 3.8) is 0 Å². The van der Waals surface area contributed by atoms with E-state index < -0.39 is 32.7 Å². The fourth-order valence-electron chi connectivity index (χ4n) is 3.47. The van der Waals surface area contributed by atoms with Crippen LogP contribution in [-0.2, 0) is 30.3 Å². The number of rotatable bonds is 16. The van der Waals surface area contributed by atoms with E-state index in [1.54, 1.807) is 22.5 Å². The van der Waals surface area contributed by atoms with Crippen LogP contribution in [0.2, 0.25) is 36.3 Å². The van der Waals surface area contributed by atoms with Crippen molar-refractivity contribution in [1.82, 2.24) is 4.31 Å². The van der Waals surface area contributed by atoms with Gasteiger partial charge >= 0.3 is 0 Å². The molecule has 224 valence electrons. The Hall–Kier alpha value is -1.11. The molecule has 1 aromatic rings. The van der Waals surface area contributed by atoms with Gasteiger partial charge in [0.1, 0.15) is 6.29 Å². The summed E-state index contributed by atoms with van der Waals surface area (Å²) in [6.45, 7) is 25.2. The van der Waals surface area contributed by atoms with Gasteiger partial charge in [0.25, 0.3) is 0 Å². The largest absolute Gasteiger partial charge is 0.415 e. The molecule has 39 heavy (non-hydrogen) atoms. The van der Waals surface area contributed by atoms with E-state index in [2.05, 4.69) is 74.7 Å². The van der Waals surface area contributed by atoms with Crippen molar-refractivity contribution in [1.29, 1.82) is 0 Å². The van der Waals surface area contributed by atoms with Crippen LogP contribution in [0, 0.1) is 0 Å². The minimum absolute atomic E-state index is 0.00438. The first kappa shape index (κ1) is 35.9. The normalized spacial score (nSPS) is 14.8. The first-order chi connectivity index (χ1) is 17.8. The number of aldehydes is 1. The average Bonchev–Trinajstić information content (AvgIpc) is 2.82. The molecule has 0 spiro atoms. The van der Waals surface area contributed by atoms with E-state index in [9.17, 15) is 13.2 Å². The standard InChI is InChI=1S/C30H55NO5SSi2/c1-12-13-15-22-31(27(17-14-16-23-32)25-36-39(10,11)30(5,6)7)37(33,34)28-20-18-26(19-21-28)24-35-38(8,9)29(2,3)4/h14,16,18-21,23,27H,12-13,15,17,22,24-25H2,1-11H3/t27-/m0/s1. The highest BCUT2D eigenvalue weighted by atomic mass is 32.2. The SMILES string of the molecule is CCCCCN([C@@H](CC=CC=O)CO[Si](C)(C)C(C)(C)C)S(=O)(=O)c1ccc(CO[Si](C)(C)C(C)(C)C)cc1. The molecule has 0 unspecified atom stereocenters. The molecule has 1 atom stereocenters. The molecule has 0 saturated carbocycles. The maximum absolute atomic E-state index is 14.0. The number of carbonyl (C=O) groups is 1. The summed E-state index contributed by atoms with van der Waals surface area (Å²) in [5, 5.41) is 0.111. The molecule has 0 bridgehead atoms. The van der Waals surface area contributed by atoms with E-state index >= 15 is 0 Å². The van der Waals surface area contributed by atoms with Crippen LogP contribution in [0.25, 0.3) is 0 Å². The van der Waals surface area contributed by atoms with Gasteiger partial charge < -0.3 is 8.85 Å². The van der Waals surface area contributed by atoms with Crippen molar-refractivity contribution >= 4 is 32.9 Å². The van der Waals surface area contributed by atoms with Gasteiger partial charge in [0.05, 0.1) is 24.2 Å². The monoisotopic (exact) mass is 597 g/mol. The van der Waals surface area contributed by atoms with Gasteiger partial charge in [0.15, 0.2) is 16.6 Å². The third kappa shape index (κ3) is 10.7. The molecule has 0 aliphatic heterocycles. The highest BCUT2D eigenvalue weighted by Gasteiger charge is 2.40. The molecule has 0 amide bonds. The number of hydrogen-bond donors (Lipinski definition) is 0. The lowest BCUT2D eigenvalue weighted by atomic mass is 10.2. The topological polar surface area (TPSA) is 72.9 Å². The number of allylic oxidation sites excluding steroid dienone is 1. The van der Waals surface area contributed by atoms with Gasteiger partial charge in [-0.05, 0) is 72.9 Å². The van der Waals surface area contributed by atoms with Crippen LogP contribution in [0.3, 0.4) is 0 Å². The fourth-order valence-corrected chi connectivity index (χ4v) is 7.13. The Bertz CT molecular complexity index is 1020. The lowest BCUT2D eigenvalue weighted by Crippen LogP contribution is -2.48. The van der Waals surface area contributed by atoms with Gasteiger partial charge in [-0.3, -0.25) is 4.79 Å². The van der Waals surface area contributed by atoms with Crippen LogP contribution in [0.15, 0.2) is 41.3 Å². The Morgan fingerprint density at radius 3 is 1.92 bits per heavy atom. The van der Waals surface area contributed by atoms with Crippen molar-refractivity contribution in [3.8, 4) is 0 Å². The number of nitrogens with zero attached hydrogens (tertiary/aromatic N) is 1. The van der Waals surface area contributed by atoms with Crippen LogP contribution in [-0.4, -0.2) is 54.8 Å². The fraction of sp³-hybridized carbons (Fsp3) is 0.700. The Morgan fingerprint density at radius 1 is 0.897 bits per heavy atom. The molecule has 0 aliphatic rings. The predicted molar refractivity (Wildman–Crippen MR) is 169 cm³/mol. The summed E-state index contributed by atoms with van der Waals surface area (Å²) in [5.74, 6) is 0. The summed E-state index contributed by atoms with van der Waals surface area (Å²) in [7, 11) is -7.81. The second-order valence-electron chi connectivity index (χ2n) is 13.5. The van der Waals surface area contributed by atoms with Crippen LogP contribution < -0.4 is 0 Å². The second-order valence-corrected chi connectivity index (χ2v) is 25.1. The van der Waals surface area contributed by atoms with Crippen LogP contribution in [0.4, 0.5) is 0 Å². The van der Waals surface area contributed by atoms with Gasteiger partial charge in [0, 0.05) is 6.54 Å². The number of hydrogen-bond acceptors (Lipinski definition) is 5. The zero-order chi connectivity index (χ0) is 30.1. The molecule has 0 fully saturated rings. The quantitative estimate of drug-likeness (QED) is 0.0837. The molecule has 1 aromatic carbocycles. The molecule has 0 radical (unpaired) electrons. The van der Waals surface area contributed by atoms with Gasteiger partial charge in [-0.2, -0.15) is 4.31 Å². The number of benzene rings is 1. The lowest BCUT2D eigenvalue weighted by Gasteiger charge is -2.39. The molecule has 9 heteroatoms. The minimum atomic E-state index is -3.79. The smallest absolute Gasteiger partial charge is 0.243 e. The highest BCUT2D eigenvalue weighted by molar-refractivity contribution is 7.89. The summed E-state index contributed by atoms with van der Waals surface area (Å²) in [5.41, 5.74) is 0.961. The molecule has 0 aliphatic carbocycles. The van der Waals surface area contributed by atoms with E-state index in [0.717, 1.165) is 31.1 Å². The van der Waals surface area contributed by atoms with E-state index in [0.29, 0.717) is 26.2 Å². The average molecular weight is 598 g/mol. The third-order valence-electron chi connectivity index (χ3n) is 8.39. The second kappa shape index (κ2) is 14.7. The number of carbonyl (C=O) groups excluding carboxylic acids is 1. The van der Waals surface area contributed by atoms with Gasteiger partial charge in [-0.1, -0.05) is 79.5 Å². The molecular formula is C30H55NO5SSi2. The Labute approximate surface area is 241 Å². The first-order valence-corrected chi connectivity index (χ1v) is 21.5. The van der Waals surface area contributed by atoms with Crippen molar-refractivity contribution in [2.45, 2.75) is 128 Å². The van der Waals surface area contributed by atoms with E-state index in [4.69, 9.17) is 8.85 Å². The highest BCUT2D eigenvalue weighted by Crippen LogP contribution is 2.38. The summed E-state index contributed by atoms with van der Waals surface area (Å²) in [6.07, 6.45) is 7.03. The summed E-state index contributed by atoms with van der Waals surface area (Å²) < 4.78 is 42.5. The van der Waals surface area contributed by atoms with Gasteiger partial charge in [-0.15, -0.1) is 0 Å². The zero-order valence-corrected chi connectivity index (χ0v) is 29.3. The Morgan fingerprint density at radius 2 is 1.44 bits per heavy atom. The molecule has 0 saturated heterocycles. The Balaban J connectivity index is 3.31.